The zero-order valence-corrected chi connectivity index (χ0v) is 13.2. The normalized spacial score (nSPS) is 19.0. The van der Waals surface area contributed by atoms with Crippen molar-refractivity contribution in [3.8, 4) is 0 Å². The molecule has 2 N–H and O–H groups in total. The molecule has 1 aliphatic heterocycles. The van der Waals surface area contributed by atoms with E-state index in [1.54, 1.807) is 0 Å². The van der Waals surface area contributed by atoms with Gasteiger partial charge in [-0.15, -0.1) is 11.8 Å². The number of fused-ring (bicyclic) bond motifs is 1. The first-order valence-corrected chi connectivity index (χ1v) is 8.48. The first-order valence-electron chi connectivity index (χ1n) is 7.12. The van der Waals surface area contributed by atoms with Gasteiger partial charge in [-0.25, -0.2) is 0 Å². The standard InChI is InChI=1S/C17H18ClNOS/c18-13-7-5-12(6-8-13)16(11-20)19-15-9-10-21-17-4-2-1-3-14(15)17/h1-8,15-16,19-20H,9-11H2. The predicted molar refractivity (Wildman–Crippen MR) is 88.9 cm³/mol. The molecule has 3 rings (SSSR count). The zero-order valence-electron chi connectivity index (χ0n) is 11.6. The molecule has 2 atom stereocenters. The van der Waals surface area contributed by atoms with Gasteiger partial charge in [0.05, 0.1) is 12.6 Å². The van der Waals surface area contributed by atoms with E-state index >= 15 is 0 Å². The lowest BCUT2D eigenvalue weighted by Crippen LogP contribution is -2.30. The van der Waals surface area contributed by atoms with Crippen molar-refractivity contribution in [2.24, 2.45) is 0 Å². The van der Waals surface area contributed by atoms with E-state index in [0.29, 0.717) is 0 Å². The Kier molecular flexibility index (Phi) is 4.86. The maximum absolute atomic E-state index is 9.73. The maximum Gasteiger partial charge on any atom is 0.0626 e. The topological polar surface area (TPSA) is 32.3 Å². The molecule has 0 amide bonds. The van der Waals surface area contributed by atoms with E-state index in [2.05, 4.69) is 29.6 Å². The highest BCUT2D eigenvalue weighted by Gasteiger charge is 2.23. The van der Waals surface area contributed by atoms with E-state index in [1.165, 1.54) is 10.5 Å². The number of rotatable bonds is 4. The molecule has 0 saturated carbocycles. The molecular formula is C17H18ClNOS. The fraction of sp³-hybridized carbons (Fsp3) is 0.294. The van der Waals surface area contributed by atoms with Crippen LogP contribution in [0.25, 0.3) is 0 Å². The van der Waals surface area contributed by atoms with Crippen LogP contribution in [0.2, 0.25) is 5.02 Å². The molecular weight excluding hydrogens is 302 g/mol. The summed E-state index contributed by atoms with van der Waals surface area (Å²) >= 11 is 7.84. The Bertz CT molecular complexity index is 602. The van der Waals surface area contributed by atoms with Crippen LogP contribution in [0, 0.1) is 0 Å². The van der Waals surface area contributed by atoms with Crippen molar-refractivity contribution in [1.29, 1.82) is 0 Å². The van der Waals surface area contributed by atoms with Crippen molar-refractivity contribution in [2.45, 2.75) is 23.4 Å². The summed E-state index contributed by atoms with van der Waals surface area (Å²) in [4.78, 5) is 1.34. The van der Waals surface area contributed by atoms with Gasteiger partial charge in [0.1, 0.15) is 0 Å². The van der Waals surface area contributed by atoms with Crippen molar-refractivity contribution >= 4 is 23.4 Å². The van der Waals surface area contributed by atoms with Crippen LogP contribution in [0.3, 0.4) is 0 Å². The molecule has 1 aliphatic rings. The fourth-order valence-electron chi connectivity index (χ4n) is 2.71. The van der Waals surface area contributed by atoms with Crippen molar-refractivity contribution in [2.75, 3.05) is 12.4 Å². The summed E-state index contributed by atoms with van der Waals surface area (Å²) in [5.41, 5.74) is 2.40. The highest BCUT2D eigenvalue weighted by atomic mass is 35.5. The van der Waals surface area contributed by atoms with Gasteiger partial charge < -0.3 is 10.4 Å². The van der Waals surface area contributed by atoms with Gasteiger partial charge in [0.2, 0.25) is 0 Å². The van der Waals surface area contributed by atoms with Gasteiger partial charge in [-0.3, -0.25) is 0 Å². The molecule has 2 nitrogen and oxygen atoms in total. The molecule has 0 spiro atoms. The molecule has 2 aromatic rings. The van der Waals surface area contributed by atoms with E-state index in [4.69, 9.17) is 11.6 Å². The second-order valence-electron chi connectivity index (χ2n) is 5.18. The van der Waals surface area contributed by atoms with Crippen LogP contribution in [-0.2, 0) is 0 Å². The lowest BCUT2D eigenvalue weighted by Gasteiger charge is -2.29. The number of hydrogen-bond donors (Lipinski definition) is 2. The molecule has 0 saturated heterocycles. The average molecular weight is 320 g/mol. The van der Waals surface area contributed by atoms with Crippen LogP contribution < -0.4 is 5.32 Å². The van der Waals surface area contributed by atoms with Gasteiger partial charge in [0, 0.05) is 16.0 Å². The van der Waals surface area contributed by atoms with Crippen molar-refractivity contribution in [3.63, 3.8) is 0 Å². The first-order chi connectivity index (χ1) is 10.3. The first kappa shape index (κ1) is 14.9. The molecule has 110 valence electrons. The van der Waals surface area contributed by atoms with Crippen LogP contribution in [0.5, 0.6) is 0 Å². The number of aliphatic hydroxyl groups is 1. The van der Waals surface area contributed by atoms with Gasteiger partial charge in [-0.2, -0.15) is 0 Å². The van der Waals surface area contributed by atoms with E-state index in [9.17, 15) is 5.11 Å². The maximum atomic E-state index is 9.73. The highest BCUT2D eigenvalue weighted by molar-refractivity contribution is 7.99. The van der Waals surface area contributed by atoms with Crippen molar-refractivity contribution in [1.82, 2.24) is 5.32 Å². The van der Waals surface area contributed by atoms with E-state index in [0.717, 1.165) is 22.8 Å². The smallest absolute Gasteiger partial charge is 0.0626 e. The van der Waals surface area contributed by atoms with Gasteiger partial charge in [0.15, 0.2) is 0 Å². The molecule has 1 heterocycles. The van der Waals surface area contributed by atoms with Gasteiger partial charge in [0.25, 0.3) is 0 Å². The molecule has 2 unspecified atom stereocenters. The lowest BCUT2D eigenvalue weighted by molar-refractivity contribution is 0.231. The largest absolute Gasteiger partial charge is 0.394 e. The SMILES string of the molecule is OCC(NC1CCSc2ccccc21)c1ccc(Cl)cc1. The third kappa shape index (κ3) is 3.43. The summed E-state index contributed by atoms with van der Waals surface area (Å²) in [6.07, 6.45) is 1.08. The number of hydrogen-bond acceptors (Lipinski definition) is 3. The quantitative estimate of drug-likeness (QED) is 0.886. The van der Waals surface area contributed by atoms with E-state index in [1.807, 2.05) is 36.0 Å². The average Bonchev–Trinajstić information content (AvgIpc) is 2.54. The van der Waals surface area contributed by atoms with Crippen molar-refractivity contribution in [3.05, 3.63) is 64.7 Å². The Morgan fingerprint density at radius 2 is 1.95 bits per heavy atom. The minimum atomic E-state index is -0.0663. The molecule has 0 fully saturated rings. The minimum Gasteiger partial charge on any atom is -0.394 e. The number of halogens is 1. The molecule has 0 radical (unpaired) electrons. The second kappa shape index (κ2) is 6.84. The Hall–Kier alpha value is -1.00. The Morgan fingerprint density at radius 1 is 1.19 bits per heavy atom. The van der Waals surface area contributed by atoms with Gasteiger partial charge >= 0.3 is 0 Å². The van der Waals surface area contributed by atoms with E-state index < -0.39 is 0 Å². The van der Waals surface area contributed by atoms with Crippen LogP contribution in [-0.4, -0.2) is 17.5 Å². The highest BCUT2D eigenvalue weighted by Crippen LogP contribution is 2.37. The monoisotopic (exact) mass is 319 g/mol. The molecule has 2 aromatic carbocycles. The number of thioether (sulfide) groups is 1. The zero-order chi connectivity index (χ0) is 14.7. The fourth-order valence-corrected chi connectivity index (χ4v) is 3.96. The molecule has 0 aliphatic carbocycles. The Labute approximate surface area is 134 Å². The number of benzene rings is 2. The van der Waals surface area contributed by atoms with Crippen LogP contribution in [0.1, 0.15) is 29.6 Å². The predicted octanol–water partition coefficient (Wildman–Crippen LogP) is 4.20. The Balaban J connectivity index is 1.80. The second-order valence-corrected chi connectivity index (χ2v) is 6.75. The van der Waals surface area contributed by atoms with Crippen LogP contribution in [0.15, 0.2) is 53.4 Å². The summed E-state index contributed by atoms with van der Waals surface area (Å²) in [6, 6.07) is 16.4. The van der Waals surface area contributed by atoms with Gasteiger partial charge in [-0.05, 0) is 41.5 Å². The minimum absolute atomic E-state index is 0.0663. The summed E-state index contributed by atoms with van der Waals surface area (Å²) in [5.74, 6) is 1.10. The summed E-state index contributed by atoms with van der Waals surface area (Å²) in [5, 5.41) is 14.0. The lowest BCUT2D eigenvalue weighted by atomic mass is 10.0. The number of aliphatic hydroxyl groups excluding tert-OH is 1. The molecule has 0 bridgehead atoms. The summed E-state index contributed by atoms with van der Waals surface area (Å²) < 4.78 is 0. The number of nitrogens with one attached hydrogen (secondary N) is 1. The van der Waals surface area contributed by atoms with Crippen LogP contribution >= 0.6 is 23.4 Å². The van der Waals surface area contributed by atoms with Gasteiger partial charge in [-0.1, -0.05) is 41.9 Å². The molecule has 21 heavy (non-hydrogen) atoms. The molecule has 4 heteroatoms. The summed E-state index contributed by atoms with van der Waals surface area (Å²) in [7, 11) is 0. The van der Waals surface area contributed by atoms with Crippen molar-refractivity contribution < 1.29 is 5.11 Å². The third-order valence-corrected chi connectivity index (χ3v) is 5.19. The van der Waals surface area contributed by atoms with E-state index in [-0.39, 0.29) is 18.7 Å². The Morgan fingerprint density at radius 3 is 2.71 bits per heavy atom. The molecule has 0 aromatic heterocycles. The summed E-state index contributed by atoms with van der Waals surface area (Å²) in [6.45, 7) is 0.0768. The van der Waals surface area contributed by atoms with Crippen LogP contribution in [0.4, 0.5) is 0 Å². The third-order valence-electron chi connectivity index (χ3n) is 3.82.